The summed E-state index contributed by atoms with van der Waals surface area (Å²) >= 11 is 6.09. The van der Waals surface area contributed by atoms with Crippen LogP contribution < -0.4 is 4.90 Å². The molecule has 2 aromatic heterocycles. The normalized spacial score (nSPS) is 20.6. The van der Waals surface area contributed by atoms with Gasteiger partial charge in [0.05, 0.1) is 24.3 Å². The highest BCUT2D eigenvalue weighted by atomic mass is 35.5. The van der Waals surface area contributed by atoms with Gasteiger partial charge in [-0.05, 0) is 19.1 Å². The number of imidazole rings is 1. The number of rotatable bonds is 2. The molecule has 0 spiro atoms. The number of anilines is 1. The number of pyridine rings is 1. The van der Waals surface area contributed by atoms with Gasteiger partial charge in [0.2, 0.25) is 0 Å². The molecule has 0 N–H and O–H groups in total. The molecule has 18 heavy (non-hydrogen) atoms. The summed E-state index contributed by atoms with van der Waals surface area (Å²) in [6, 6.07) is 5.99. The van der Waals surface area contributed by atoms with E-state index in [1.165, 1.54) is 0 Å². The predicted octanol–water partition coefficient (Wildman–Crippen LogP) is 2.30. The second-order valence-electron chi connectivity index (χ2n) is 4.57. The van der Waals surface area contributed by atoms with Crippen LogP contribution in [0.2, 0.25) is 0 Å². The number of alkyl halides is 1. The molecule has 1 unspecified atom stereocenters. The lowest BCUT2D eigenvalue weighted by Gasteiger charge is -2.31. The maximum absolute atomic E-state index is 6.09. The summed E-state index contributed by atoms with van der Waals surface area (Å²) in [5.74, 6) is 1.46. The molecule has 3 rings (SSSR count). The van der Waals surface area contributed by atoms with Crippen LogP contribution in [0.1, 0.15) is 12.6 Å². The molecule has 1 fully saturated rings. The number of hydrogen-bond donors (Lipinski definition) is 0. The number of nitrogens with zero attached hydrogens (tertiary/aromatic N) is 3. The third-order valence-electron chi connectivity index (χ3n) is 3.27. The average Bonchev–Trinajstić information content (AvgIpc) is 2.77. The van der Waals surface area contributed by atoms with Crippen molar-refractivity contribution in [2.45, 2.75) is 18.9 Å². The maximum Gasteiger partial charge on any atom is 0.152 e. The fourth-order valence-corrected chi connectivity index (χ4v) is 2.67. The van der Waals surface area contributed by atoms with Crippen LogP contribution in [0, 0.1) is 0 Å². The van der Waals surface area contributed by atoms with Crippen molar-refractivity contribution in [3.63, 3.8) is 0 Å². The van der Waals surface area contributed by atoms with Crippen molar-refractivity contribution >= 4 is 23.1 Å². The first-order valence-corrected chi connectivity index (χ1v) is 6.71. The van der Waals surface area contributed by atoms with Gasteiger partial charge in [-0.2, -0.15) is 0 Å². The van der Waals surface area contributed by atoms with Crippen LogP contribution in [0.4, 0.5) is 5.82 Å². The summed E-state index contributed by atoms with van der Waals surface area (Å²) in [5.41, 5.74) is 2.00. The van der Waals surface area contributed by atoms with Crippen molar-refractivity contribution in [3.05, 3.63) is 30.1 Å². The molecule has 3 heterocycles. The second-order valence-corrected chi connectivity index (χ2v) is 4.84. The van der Waals surface area contributed by atoms with Crippen LogP contribution in [0.5, 0.6) is 0 Å². The Balaban J connectivity index is 2.05. The topological polar surface area (TPSA) is 29.8 Å². The van der Waals surface area contributed by atoms with Gasteiger partial charge in [-0.3, -0.25) is 0 Å². The molecule has 5 heteroatoms. The van der Waals surface area contributed by atoms with E-state index >= 15 is 0 Å². The Bertz CT molecular complexity index is 554. The Labute approximate surface area is 111 Å². The minimum absolute atomic E-state index is 0.242. The minimum Gasteiger partial charge on any atom is -0.375 e. The van der Waals surface area contributed by atoms with Gasteiger partial charge in [0.25, 0.3) is 0 Å². The van der Waals surface area contributed by atoms with E-state index in [0.717, 1.165) is 36.9 Å². The highest BCUT2D eigenvalue weighted by Crippen LogP contribution is 2.25. The quantitative estimate of drug-likeness (QED) is 0.781. The Morgan fingerprint density at radius 3 is 3.17 bits per heavy atom. The molecule has 0 amide bonds. The van der Waals surface area contributed by atoms with Gasteiger partial charge in [0.1, 0.15) is 5.65 Å². The van der Waals surface area contributed by atoms with E-state index in [-0.39, 0.29) is 6.10 Å². The summed E-state index contributed by atoms with van der Waals surface area (Å²) in [7, 11) is 0. The zero-order valence-electron chi connectivity index (χ0n) is 10.3. The molecule has 1 atom stereocenters. The smallest absolute Gasteiger partial charge is 0.152 e. The van der Waals surface area contributed by atoms with Crippen molar-refractivity contribution in [2.75, 3.05) is 24.6 Å². The van der Waals surface area contributed by atoms with Crippen molar-refractivity contribution in [3.8, 4) is 0 Å². The molecule has 2 aromatic rings. The lowest BCUT2D eigenvalue weighted by atomic mass is 10.3. The van der Waals surface area contributed by atoms with E-state index in [1.54, 1.807) is 0 Å². The Morgan fingerprint density at radius 2 is 2.39 bits per heavy atom. The van der Waals surface area contributed by atoms with Crippen LogP contribution in [0.25, 0.3) is 5.65 Å². The molecular formula is C13H16ClN3O. The van der Waals surface area contributed by atoms with E-state index < -0.39 is 0 Å². The van der Waals surface area contributed by atoms with Crippen molar-refractivity contribution < 1.29 is 4.74 Å². The zero-order chi connectivity index (χ0) is 12.5. The number of halogens is 1. The molecular weight excluding hydrogens is 250 g/mol. The molecule has 1 aliphatic rings. The molecule has 0 aliphatic carbocycles. The van der Waals surface area contributed by atoms with Gasteiger partial charge in [-0.15, -0.1) is 11.6 Å². The van der Waals surface area contributed by atoms with Crippen molar-refractivity contribution in [2.24, 2.45) is 0 Å². The second kappa shape index (κ2) is 4.78. The van der Waals surface area contributed by atoms with Crippen LogP contribution >= 0.6 is 11.6 Å². The van der Waals surface area contributed by atoms with Crippen LogP contribution in [0.15, 0.2) is 24.4 Å². The lowest BCUT2D eigenvalue weighted by Crippen LogP contribution is -2.41. The monoisotopic (exact) mass is 265 g/mol. The molecule has 1 aliphatic heterocycles. The van der Waals surface area contributed by atoms with Gasteiger partial charge in [-0.1, -0.05) is 6.07 Å². The predicted molar refractivity (Wildman–Crippen MR) is 72.4 cm³/mol. The van der Waals surface area contributed by atoms with Crippen molar-refractivity contribution in [1.29, 1.82) is 0 Å². The van der Waals surface area contributed by atoms with Crippen LogP contribution in [0.3, 0.4) is 0 Å². The summed E-state index contributed by atoms with van der Waals surface area (Å²) in [4.78, 5) is 6.95. The van der Waals surface area contributed by atoms with Crippen LogP contribution in [-0.4, -0.2) is 35.2 Å². The summed E-state index contributed by atoms with van der Waals surface area (Å²) in [6.45, 7) is 4.57. The van der Waals surface area contributed by atoms with E-state index in [9.17, 15) is 0 Å². The number of morpholine rings is 1. The highest BCUT2D eigenvalue weighted by molar-refractivity contribution is 6.17. The Kier molecular flexibility index (Phi) is 3.14. The largest absolute Gasteiger partial charge is 0.375 e. The fourth-order valence-electron chi connectivity index (χ4n) is 2.42. The van der Waals surface area contributed by atoms with Crippen LogP contribution in [-0.2, 0) is 10.6 Å². The Morgan fingerprint density at radius 1 is 1.50 bits per heavy atom. The number of aromatic nitrogens is 2. The number of hydrogen-bond acceptors (Lipinski definition) is 3. The number of fused-ring (bicyclic) bond motifs is 1. The molecule has 0 aromatic carbocycles. The molecule has 0 saturated carbocycles. The van der Waals surface area contributed by atoms with E-state index in [4.69, 9.17) is 21.3 Å². The molecule has 1 saturated heterocycles. The van der Waals surface area contributed by atoms with Gasteiger partial charge < -0.3 is 14.0 Å². The summed E-state index contributed by atoms with van der Waals surface area (Å²) in [5, 5.41) is 0. The van der Waals surface area contributed by atoms with Gasteiger partial charge in [-0.25, -0.2) is 4.98 Å². The molecule has 96 valence electrons. The van der Waals surface area contributed by atoms with Gasteiger partial charge in [0.15, 0.2) is 5.82 Å². The minimum atomic E-state index is 0.242. The van der Waals surface area contributed by atoms with Gasteiger partial charge in [0, 0.05) is 19.3 Å². The highest BCUT2D eigenvalue weighted by Gasteiger charge is 2.22. The number of ether oxygens (including phenoxy) is 1. The average molecular weight is 266 g/mol. The van der Waals surface area contributed by atoms with E-state index in [1.807, 2.05) is 24.4 Å². The van der Waals surface area contributed by atoms with E-state index in [2.05, 4.69) is 16.2 Å². The molecule has 0 radical (unpaired) electrons. The Hall–Kier alpha value is -1.26. The van der Waals surface area contributed by atoms with Crippen molar-refractivity contribution in [1.82, 2.24) is 9.38 Å². The summed E-state index contributed by atoms with van der Waals surface area (Å²) in [6.07, 6.45) is 2.25. The molecule has 0 bridgehead atoms. The van der Waals surface area contributed by atoms with E-state index in [0.29, 0.717) is 5.88 Å². The van der Waals surface area contributed by atoms with Gasteiger partial charge >= 0.3 is 0 Å². The third kappa shape index (κ3) is 1.95. The first kappa shape index (κ1) is 11.8. The fraction of sp³-hybridized carbons (Fsp3) is 0.462. The zero-order valence-corrected chi connectivity index (χ0v) is 11.1. The standard InChI is InChI=1S/C13H16ClN3O/c1-10-9-16(6-7-18-10)13-11(8-14)17-5-3-2-4-12(17)15-13/h2-5,10H,6-9H2,1H3. The third-order valence-corrected chi connectivity index (χ3v) is 3.53. The first-order chi connectivity index (χ1) is 8.79. The molecule has 4 nitrogen and oxygen atoms in total. The SMILES string of the molecule is CC1CN(c2nc3ccccn3c2CCl)CCO1. The first-order valence-electron chi connectivity index (χ1n) is 6.18. The maximum atomic E-state index is 6.09. The summed E-state index contributed by atoms with van der Waals surface area (Å²) < 4.78 is 7.63. The lowest BCUT2D eigenvalue weighted by molar-refractivity contribution is 0.0529.